The average Bonchev–Trinajstić information content (AvgIpc) is 2.08. The molecule has 19 heavy (non-hydrogen) atoms. The number of hydrogen-bond donors (Lipinski definition) is 2. The Bertz CT molecular complexity index is 326. The number of carbonyl (C=O) groups is 1. The van der Waals surface area contributed by atoms with Crippen molar-refractivity contribution in [1.82, 2.24) is 10.2 Å². The summed E-state index contributed by atoms with van der Waals surface area (Å²) in [5.74, 6) is -0.720. The van der Waals surface area contributed by atoms with Crippen LogP contribution in [0.15, 0.2) is 4.99 Å². The van der Waals surface area contributed by atoms with Crippen LogP contribution in [0.4, 0.5) is 13.2 Å². The highest BCUT2D eigenvalue weighted by Crippen LogP contribution is 2.15. The smallest absolute Gasteiger partial charge is 0.370 e. The Kier molecular flexibility index (Phi) is 8.40. The van der Waals surface area contributed by atoms with E-state index in [9.17, 15) is 18.0 Å². The highest BCUT2D eigenvalue weighted by Gasteiger charge is 2.30. The van der Waals surface area contributed by atoms with Gasteiger partial charge < -0.3 is 16.0 Å². The molecule has 0 saturated carbocycles. The zero-order chi connectivity index (χ0) is 14.6. The molecule has 0 aromatic heterocycles. The van der Waals surface area contributed by atoms with Crippen molar-refractivity contribution in [2.24, 2.45) is 10.7 Å². The van der Waals surface area contributed by atoms with Gasteiger partial charge in [0.05, 0.1) is 0 Å². The van der Waals surface area contributed by atoms with E-state index in [-0.39, 0.29) is 35.5 Å². The highest BCUT2D eigenvalue weighted by atomic mass is 127. The fourth-order valence-corrected chi connectivity index (χ4v) is 1.05. The Balaban J connectivity index is 0. The summed E-state index contributed by atoms with van der Waals surface area (Å²) in [6.45, 7) is 3.81. The molecule has 9 heteroatoms. The van der Waals surface area contributed by atoms with Crippen molar-refractivity contribution in [3.8, 4) is 0 Å². The van der Waals surface area contributed by atoms with Gasteiger partial charge in [0.15, 0.2) is 5.96 Å². The molecule has 0 saturated heterocycles. The molecule has 0 aliphatic rings. The number of carbonyl (C=O) groups excluding carboxylic acids is 1. The Morgan fingerprint density at radius 3 is 2.16 bits per heavy atom. The number of alkyl halides is 3. The maximum Gasteiger partial charge on any atom is 0.406 e. The number of likely N-dealkylation sites (N-methyl/N-ethyl adjacent to an activating group) is 1. The number of nitrogens with two attached hydrogens (primary N) is 1. The van der Waals surface area contributed by atoms with E-state index in [4.69, 9.17) is 5.73 Å². The monoisotopic (exact) mass is 396 g/mol. The van der Waals surface area contributed by atoms with E-state index in [1.54, 1.807) is 0 Å². The first-order valence-corrected chi connectivity index (χ1v) is 5.29. The first kappa shape index (κ1) is 20.6. The summed E-state index contributed by atoms with van der Waals surface area (Å²) < 4.78 is 36.1. The van der Waals surface area contributed by atoms with Crippen molar-refractivity contribution in [2.75, 3.05) is 20.1 Å². The van der Waals surface area contributed by atoms with Gasteiger partial charge in [-0.15, -0.1) is 24.0 Å². The zero-order valence-corrected chi connectivity index (χ0v) is 13.7. The van der Waals surface area contributed by atoms with E-state index in [0.717, 1.165) is 7.05 Å². The minimum Gasteiger partial charge on any atom is -0.370 e. The van der Waals surface area contributed by atoms with E-state index in [1.165, 1.54) is 0 Å². The van der Waals surface area contributed by atoms with E-state index in [2.05, 4.69) is 10.3 Å². The Hall–Kier alpha value is -0.740. The lowest BCUT2D eigenvalue weighted by molar-refractivity contribution is -0.157. The number of hydrogen-bond acceptors (Lipinski definition) is 2. The average molecular weight is 396 g/mol. The van der Waals surface area contributed by atoms with Crippen molar-refractivity contribution in [3.63, 3.8) is 0 Å². The molecule has 114 valence electrons. The topological polar surface area (TPSA) is 70.7 Å². The predicted octanol–water partition coefficient (Wildman–Crippen LogP) is 1.33. The standard InChI is InChI=1S/C10H19F3N4O.HI/c1-9(2,3)16-8(14)15-5-7(18)17(4)6-10(11,12)13;/h5-6H2,1-4H3,(H3,14,15,16);1H. The SMILES string of the molecule is CN(CC(F)(F)F)C(=O)CN=C(N)NC(C)(C)C.I. The van der Waals surface area contributed by atoms with E-state index >= 15 is 0 Å². The number of guanidine groups is 1. The molecule has 0 heterocycles. The third-order valence-electron chi connectivity index (χ3n) is 1.73. The van der Waals surface area contributed by atoms with Crippen LogP contribution in [0.2, 0.25) is 0 Å². The minimum atomic E-state index is -4.41. The van der Waals surface area contributed by atoms with Gasteiger partial charge in [0.2, 0.25) is 5.91 Å². The number of nitrogens with one attached hydrogen (secondary N) is 1. The van der Waals surface area contributed by atoms with Crippen molar-refractivity contribution in [3.05, 3.63) is 0 Å². The molecule has 3 N–H and O–H groups in total. The lowest BCUT2D eigenvalue weighted by Crippen LogP contribution is -2.45. The molecule has 0 spiro atoms. The van der Waals surface area contributed by atoms with Crippen LogP contribution in [0.3, 0.4) is 0 Å². The van der Waals surface area contributed by atoms with Crippen LogP contribution in [-0.4, -0.2) is 48.6 Å². The third-order valence-corrected chi connectivity index (χ3v) is 1.73. The molecule has 0 aromatic rings. The van der Waals surface area contributed by atoms with Crippen LogP contribution in [-0.2, 0) is 4.79 Å². The normalized spacial score (nSPS) is 12.7. The minimum absolute atomic E-state index is 0. The number of nitrogens with zero attached hydrogens (tertiary/aromatic N) is 2. The Morgan fingerprint density at radius 1 is 1.32 bits per heavy atom. The van der Waals surface area contributed by atoms with Gasteiger partial charge in [-0.3, -0.25) is 4.79 Å². The third kappa shape index (κ3) is 12.1. The lowest BCUT2D eigenvalue weighted by Gasteiger charge is -2.21. The highest BCUT2D eigenvalue weighted by molar-refractivity contribution is 14.0. The summed E-state index contributed by atoms with van der Waals surface area (Å²) >= 11 is 0. The van der Waals surface area contributed by atoms with Crippen LogP contribution in [0, 0.1) is 0 Å². The van der Waals surface area contributed by atoms with Crippen molar-refractivity contribution in [1.29, 1.82) is 0 Å². The summed E-state index contributed by atoms with van der Waals surface area (Å²) in [4.78, 5) is 15.6. The first-order valence-electron chi connectivity index (χ1n) is 5.29. The second-order valence-corrected chi connectivity index (χ2v) is 4.94. The van der Waals surface area contributed by atoms with Gasteiger partial charge in [0, 0.05) is 12.6 Å². The maximum absolute atomic E-state index is 12.0. The number of halogens is 4. The second kappa shape index (κ2) is 7.75. The molecule has 0 bridgehead atoms. The molecule has 0 aromatic carbocycles. The number of aliphatic imine (C=N–C) groups is 1. The first-order chi connectivity index (χ1) is 7.91. The van der Waals surface area contributed by atoms with E-state index in [0.29, 0.717) is 4.90 Å². The molecule has 0 rings (SSSR count). The van der Waals surface area contributed by atoms with Crippen molar-refractivity contribution in [2.45, 2.75) is 32.5 Å². The molecule has 0 aliphatic carbocycles. The van der Waals surface area contributed by atoms with Crippen molar-refractivity contribution >= 4 is 35.8 Å². The summed E-state index contributed by atoms with van der Waals surface area (Å²) in [5.41, 5.74) is 5.16. The van der Waals surface area contributed by atoms with Crippen molar-refractivity contribution < 1.29 is 18.0 Å². The van der Waals surface area contributed by atoms with Crippen LogP contribution in [0.5, 0.6) is 0 Å². The quantitative estimate of drug-likeness (QED) is 0.430. The van der Waals surface area contributed by atoms with E-state index in [1.807, 2.05) is 20.8 Å². The van der Waals surface area contributed by atoms with Crippen LogP contribution >= 0.6 is 24.0 Å². The summed E-state index contributed by atoms with van der Waals surface area (Å²) in [6, 6.07) is 0. The molecule has 0 radical (unpaired) electrons. The largest absolute Gasteiger partial charge is 0.406 e. The zero-order valence-electron chi connectivity index (χ0n) is 11.3. The van der Waals surface area contributed by atoms with E-state index < -0.39 is 25.2 Å². The predicted molar refractivity (Wildman–Crippen MR) is 78.5 cm³/mol. The molecule has 5 nitrogen and oxygen atoms in total. The van der Waals surface area contributed by atoms with Crippen LogP contribution in [0.1, 0.15) is 20.8 Å². The summed E-state index contributed by atoms with van der Waals surface area (Å²) in [5, 5.41) is 2.80. The van der Waals surface area contributed by atoms with Gasteiger partial charge in [-0.25, -0.2) is 4.99 Å². The molecule has 0 fully saturated rings. The molecular weight excluding hydrogens is 376 g/mol. The lowest BCUT2D eigenvalue weighted by atomic mass is 10.1. The fourth-order valence-electron chi connectivity index (χ4n) is 1.05. The molecule has 0 aliphatic heterocycles. The van der Waals surface area contributed by atoms with Gasteiger partial charge in [0.1, 0.15) is 13.1 Å². The summed E-state index contributed by atoms with van der Waals surface area (Å²) in [7, 11) is 1.07. The van der Waals surface area contributed by atoms with Gasteiger partial charge >= 0.3 is 6.18 Å². The van der Waals surface area contributed by atoms with Gasteiger partial charge in [0.25, 0.3) is 0 Å². The molecule has 0 unspecified atom stereocenters. The molecular formula is C10H20F3IN4O. The van der Waals surface area contributed by atoms with Gasteiger partial charge in [-0.2, -0.15) is 13.2 Å². The molecule has 1 amide bonds. The maximum atomic E-state index is 12.0. The van der Waals surface area contributed by atoms with Crippen LogP contribution < -0.4 is 11.1 Å². The number of amides is 1. The Morgan fingerprint density at radius 2 is 1.79 bits per heavy atom. The fraction of sp³-hybridized carbons (Fsp3) is 0.800. The van der Waals surface area contributed by atoms with Crippen LogP contribution in [0.25, 0.3) is 0 Å². The summed E-state index contributed by atoms with van der Waals surface area (Å²) in [6.07, 6.45) is -4.41. The van der Waals surface area contributed by atoms with Gasteiger partial charge in [-0.05, 0) is 20.8 Å². The number of rotatable bonds is 3. The second-order valence-electron chi connectivity index (χ2n) is 4.94. The Labute approximate surface area is 127 Å². The van der Waals surface area contributed by atoms with Gasteiger partial charge in [-0.1, -0.05) is 0 Å². The molecule has 0 atom stereocenters.